The van der Waals surface area contributed by atoms with Gasteiger partial charge in [-0.3, -0.25) is 4.79 Å². The van der Waals surface area contributed by atoms with E-state index in [1.54, 1.807) is 19.1 Å². The molecule has 1 atom stereocenters. The van der Waals surface area contributed by atoms with Crippen molar-refractivity contribution in [2.75, 3.05) is 11.1 Å². The molecule has 2 N–H and O–H groups in total. The van der Waals surface area contributed by atoms with Gasteiger partial charge in [-0.1, -0.05) is 43.0 Å². The molecule has 25 heavy (non-hydrogen) atoms. The van der Waals surface area contributed by atoms with E-state index in [2.05, 4.69) is 26.9 Å². The molecule has 1 aromatic heterocycles. The number of anilines is 2. The van der Waals surface area contributed by atoms with Crippen LogP contribution in [0, 0.1) is 23.1 Å². The normalized spacial score (nSPS) is 13.1. The van der Waals surface area contributed by atoms with Crippen molar-refractivity contribution in [3.63, 3.8) is 0 Å². The molecule has 132 valence electrons. The van der Waals surface area contributed by atoms with Crippen LogP contribution in [0.1, 0.15) is 20.8 Å². The maximum Gasteiger partial charge on any atom is 0.231 e. The lowest BCUT2D eigenvalue weighted by atomic mass is 9.90. The summed E-state index contributed by atoms with van der Waals surface area (Å²) in [5.41, 5.74) is -0.324. The largest absolute Gasteiger partial charge is 0.337 e. The molecule has 0 aliphatic carbocycles. The van der Waals surface area contributed by atoms with Gasteiger partial charge in [-0.2, -0.15) is 5.26 Å². The molecule has 0 radical (unpaired) electrons. The molecule has 9 heteroatoms. The predicted octanol–water partition coefficient (Wildman–Crippen LogP) is 3.57. The zero-order valence-electron chi connectivity index (χ0n) is 14.0. The molecule has 0 bridgehead atoms. The van der Waals surface area contributed by atoms with Gasteiger partial charge in [0.15, 0.2) is 4.34 Å². The molecule has 0 unspecified atom stereocenters. The minimum atomic E-state index is -0.900. The monoisotopic (exact) mass is 379 g/mol. The minimum Gasteiger partial charge on any atom is -0.337 e. The summed E-state index contributed by atoms with van der Waals surface area (Å²) >= 11 is 2.50. The van der Waals surface area contributed by atoms with E-state index in [1.807, 2.05) is 13.8 Å². The SMILES string of the molecule is CC(C)[C@@](C)(C#N)NC(=O)CSc1nnc(Nc2cccc(F)c2)s1. The van der Waals surface area contributed by atoms with Crippen molar-refractivity contribution in [2.24, 2.45) is 5.92 Å². The maximum absolute atomic E-state index is 13.2. The van der Waals surface area contributed by atoms with E-state index in [-0.39, 0.29) is 23.4 Å². The highest BCUT2D eigenvalue weighted by Gasteiger charge is 2.29. The predicted molar refractivity (Wildman–Crippen MR) is 97.3 cm³/mol. The number of thioether (sulfide) groups is 1. The second-order valence-corrected chi connectivity index (χ2v) is 8.01. The zero-order chi connectivity index (χ0) is 18.4. The summed E-state index contributed by atoms with van der Waals surface area (Å²) < 4.78 is 13.8. The number of benzene rings is 1. The first kappa shape index (κ1) is 19.1. The number of carbonyl (C=O) groups excluding carboxylic acids is 1. The molecular formula is C16H18FN5OS2. The lowest BCUT2D eigenvalue weighted by molar-refractivity contribution is -0.120. The molecule has 1 amide bonds. The molecule has 0 aliphatic heterocycles. The van der Waals surface area contributed by atoms with Gasteiger partial charge in [0, 0.05) is 5.69 Å². The summed E-state index contributed by atoms with van der Waals surface area (Å²) in [5.74, 6) is -0.447. The van der Waals surface area contributed by atoms with Gasteiger partial charge in [0.05, 0.1) is 11.8 Å². The quantitative estimate of drug-likeness (QED) is 0.715. The first-order chi connectivity index (χ1) is 11.8. The van der Waals surface area contributed by atoms with Crippen molar-refractivity contribution < 1.29 is 9.18 Å². The highest BCUT2D eigenvalue weighted by Crippen LogP contribution is 2.28. The van der Waals surface area contributed by atoms with Crippen molar-refractivity contribution >= 4 is 39.8 Å². The Hall–Kier alpha value is -2.18. The van der Waals surface area contributed by atoms with E-state index >= 15 is 0 Å². The first-order valence-electron chi connectivity index (χ1n) is 7.53. The third kappa shape index (κ3) is 5.41. The van der Waals surface area contributed by atoms with E-state index < -0.39 is 5.54 Å². The zero-order valence-corrected chi connectivity index (χ0v) is 15.7. The van der Waals surface area contributed by atoms with Crippen molar-refractivity contribution in [1.29, 1.82) is 5.26 Å². The van der Waals surface area contributed by atoms with Crippen LogP contribution in [0.2, 0.25) is 0 Å². The summed E-state index contributed by atoms with van der Waals surface area (Å²) in [6, 6.07) is 8.17. The molecule has 0 spiro atoms. The lowest BCUT2D eigenvalue weighted by Gasteiger charge is -2.27. The molecule has 1 aromatic carbocycles. The molecule has 0 fully saturated rings. The fourth-order valence-corrected chi connectivity index (χ4v) is 3.33. The standard InChI is InChI=1S/C16H18FN5OS2/c1-10(2)16(3,9-18)20-13(23)8-24-15-22-21-14(25-15)19-12-6-4-5-11(17)7-12/h4-7,10H,8H2,1-3H3,(H,19,21)(H,20,23)/t16-/m1/s1. The molecule has 2 rings (SSSR count). The molecule has 1 heterocycles. The fraction of sp³-hybridized carbons (Fsp3) is 0.375. The van der Waals surface area contributed by atoms with E-state index in [0.29, 0.717) is 15.2 Å². The second kappa shape index (κ2) is 8.27. The summed E-state index contributed by atoms with van der Waals surface area (Å²) in [5, 5.41) is 23.4. The van der Waals surface area contributed by atoms with Gasteiger partial charge in [0.1, 0.15) is 11.4 Å². The summed E-state index contributed by atoms with van der Waals surface area (Å²) in [6.45, 7) is 5.46. The van der Waals surface area contributed by atoms with Crippen molar-refractivity contribution in [1.82, 2.24) is 15.5 Å². The molecule has 0 saturated carbocycles. The van der Waals surface area contributed by atoms with Gasteiger partial charge in [0.25, 0.3) is 0 Å². The van der Waals surface area contributed by atoms with Crippen LogP contribution in [-0.4, -0.2) is 27.4 Å². The summed E-state index contributed by atoms with van der Waals surface area (Å²) in [7, 11) is 0. The number of halogens is 1. The topological polar surface area (TPSA) is 90.7 Å². The van der Waals surface area contributed by atoms with Crippen LogP contribution in [-0.2, 0) is 4.79 Å². The van der Waals surface area contributed by atoms with Crippen LogP contribution < -0.4 is 10.6 Å². The first-order valence-corrected chi connectivity index (χ1v) is 9.34. The van der Waals surface area contributed by atoms with Gasteiger partial charge in [-0.15, -0.1) is 10.2 Å². The van der Waals surface area contributed by atoms with E-state index in [1.165, 1.54) is 35.2 Å². The number of nitrogens with zero attached hydrogens (tertiary/aromatic N) is 3. The summed E-state index contributed by atoms with van der Waals surface area (Å²) in [6.07, 6.45) is 0. The third-order valence-electron chi connectivity index (χ3n) is 3.60. The van der Waals surface area contributed by atoms with Crippen LogP contribution in [0.15, 0.2) is 28.6 Å². The Morgan fingerprint density at radius 2 is 2.24 bits per heavy atom. The Bertz CT molecular complexity index is 789. The smallest absolute Gasteiger partial charge is 0.231 e. The number of aromatic nitrogens is 2. The molecule has 0 aliphatic rings. The van der Waals surface area contributed by atoms with Crippen LogP contribution in [0.5, 0.6) is 0 Å². The van der Waals surface area contributed by atoms with Crippen LogP contribution >= 0.6 is 23.1 Å². The van der Waals surface area contributed by atoms with E-state index in [9.17, 15) is 14.4 Å². The van der Waals surface area contributed by atoms with Crippen molar-refractivity contribution in [2.45, 2.75) is 30.6 Å². The van der Waals surface area contributed by atoms with Gasteiger partial charge in [-0.25, -0.2) is 4.39 Å². The molecular weight excluding hydrogens is 361 g/mol. The van der Waals surface area contributed by atoms with Crippen LogP contribution in [0.4, 0.5) is 15.2 Å². The number of hydrogen-bond acceptors (Lipinski definition) is 7. The Labute approximate surface area is 153 Å². The van der Waals surface area contributed by atoms with Gasteiger partial charge in [-0.05, 0) is 31.0 Å². The Balaban J connectivity index is 1.89. The van der Waals surface area contributed by atoms with Crippen LogP contribution in [0.3, 0.4) is 0 Å². The van der Waals surface area contributed by atoms with E-state index in [4.69, 9.17) is 0 Å². The van der Waals surface area contributed by atoms with Gasteiger partial charge in [0.2, 0.25) is 11.0 Å². The number of hydrogen-bond donors (Lipinski definition) is 2. The molecule has 6 nitrogen and oxygen atoms in total. The number of rotatable bonds is 7. The van der Waals surface area contributed by atoms with E-state index in [0.717, 1.165) is 0 Å². The minimum absolute atomic E-state index is 0.00458. The number of nitrogens with one attached hydrogen (secondary N) is 2. The lowest BCUT2D eigenvalue weighted by Crippen LogP contribution is -2.49. The van der Waals surface area contributed by atoms with Gasteiger partial charge >= 0.3 is 0 Å². The number of amides is 1. The third-order valence-corrected chi connectivity index (χ3v) is 5.57. The Morgan fingerprint density at radius 3 is 2.88 bits per heavy atom. The van der Waals surface area contributed by atoms with Crippen molar-refractivity contribution in [3.8, 4) is 6.07 Å². The van der Waals surface area contributed by atoms with Crippen LogP contribution in [0.25, 0.3) is 0 Å². The number of carbonyl (C=O) groups is 1. The van der Waals surface area contributed by atoms with Gasteiger partial charge < -0.3 is 10.6 Å². The Morgan fingerprint density at radius 1 is 1.48 bits per heavy atom. The molecule has 2 aromatic rings. The highest BCUT2D eigenvalue weighted by molar-refractivity contribution is 8.01. The Kier molecular flexibility index (Phi) is 6.33. The maximum atomic E-state index is 13.2. The average Bonchev–Trinajstić information content (AvgIpc) is 3.00. The fourth-order valence-electron chi connectivity index (χ4n) is 1.76. The second-order valence-electron chi connectivity index (χ2n) is 5.81. The number of nitriles is 1. The average molecular weight is 379 g/mol. The highest BCUT2D eigenvalue weighted by atomic mass is 32.2. The van der Waals surface area contributed by atoms with Crippen molar-refractivity contribution in [3.05, 3.63) is 30.1 Å². The summed E-state index contributed by atoms with van der Waals surface area (Å²) in [4.78, 5) is 12.0. The molecule has 0 saturated heterocycles.